The van der Waals surface area contributed by atoms with Crippen LogP contribution < -0.4 is 5.73 Å². The summed E-state index contributed by atoms with van der Waals surface area (Å²) in [6, 6.07) is 3.25. The van der Waals surface area contributed by atoms with Crippen molar-refractivity contribution in [2.24, 2.45) is 5.73 Å². The Morgan fingerprint density at radius 2 is 2.43 bits per heavy atom. The van der Waals surface area contributed by atoms with Crippen molar-refractivity contribution in [2.45, 2.75) is 6.42 Å². The largest absolute Gasteiger partial charge is 0.369 e. The highest BCUT2D eigenvalue weighted by molar-refractivity contribution is 5.79. The van der Waals surface area contributed by atoms with Gasteiger partial charge in [-0.3, -0.25) is 9.59 Å². The van der Waals surface area contributed by atoms with Gasteiger partial charge in [-0.25, -0.2) is 4.98 Å². The summed E-state index contributed by atoms with van der Waals surface area (Å²) in [7, 11) is 0. The topological polar surface area (TPSA) is 73.1 Å². The molecule has 1 aromatic rings. The quantitative estimate of drug-likeness (QED) is 0.529. The van der Waals surface area contributed by atoms with Crippen LogP contribution in [0.1, 0.15) is 22.5 Å². The van der Waals surface area contributed by atoms with Crippen molar-refractivity contribution < 1.29 is 9.59 Å². The molecule has 0 aliphatic heterocycles. The van der Waals surface area contributed by atoms with Crippen molar-refractivity contribution in [3.63, 3.8) is 0 Å². The molecule has 0 radical (unpaired) electrons. The number of amides is 1. The number of pyridine rings is 1. The van der Waals surface area contributed by atoms with E-state index in [-0.39, 0.29) is 6.42 Å². The third-order valence-corrected chi connectivity index (χ3v) is 1.44. The zero-order chi connectivity index (χ0) is 10.4. The average Bonchev–Trinajstić information content (AvgIpc) is 2.18. The maximum absolute atomic E-state index is 10.5. The number of aromatic nitrogens is 1. The predicted octanol–water partition coefficient (Wildman–Crippen LogP) is 0.121. The minimum Gasteiger partial charge on any atom is -0.369 e. The first kappa shape index (κ1) is 9.93. The predicted molar refractivity (Wildman–Crippen MR) is 50.3 cm³/mol. The highest BCUT2D eigenvalue weighted by Crippen LogP contribution is 1.99. The van der Waals surface area contributed by atoms with Crippen LogP contribution in [-0.4, -0.2) is 17.2 Å². The fourth-order valence-corrected chi connectivity index (χ4v) is 0.832. The summed E-state index contributed by atoms with van der Waals surface area (Å²) in [5, 5.41) is 0. The van der Waals surface area contributed by atoms with Gasteiger partial charge >= 0.3 is 0 Å². The molecule has 0 aliphatic rings. The minimum absolute atomic E-state index is 0.0329. The van der Waals surface area contributed by atoms with Gasteiger partial charge in [0, 0.05) is 11.8 Å². The Hall–Kier alpha value is -2.15. The van der Waals surface area contributed by atoms with Gasteiger partial charge in [0.1, 0.15) is 5.69 Å². The number of hydrogen-bond acceptors (Lipinski definition) is 3. The maximum atomic E-state index is 10.5. The Balaban J connectivity index is 2.88. The van der Waals surface area contributed by atoms with E-state index in [0.29, 0.717) is 17.5 Å². The summed E-state index contributed by atoms with van der Waals surface area (Å²) in [5.74, 6) is 4.63. The number of nitrogens with two attached hydrogens (primary N) is 1. The highest BCUT2D eigenvalue weighted by Gasteiger charge is 1.97. The number of carbonyl (C=O) groups is 2. The Morgan fingerprint density at radius 3 is 3.07 bits per heavy atom. The number of primary amides is 1. The van der Waals surface area contributed by atoms with Crippen LogP contribution in [0, 0.1) is 11.8 Å². The van der Waals surface area contributed by atoms with Crippen LogP contribution >= 0.6 is 0 Å². The third kappa shape index (κ3) is 2.72. The van der Waals surface area contributed by atoms with Crippen LogP contribution in [0.4, 0.5) is 0 Å². The third-order valence-electron chi connectivity index (χ3n) is 1.44. The molecule has 0 aliphatic carbocycles. The van der Waals surface area contributed by atoms with E-state index >= 15 is 0 Å². The lowest BCUT2D eigenvalue weighted by Gasteiger charge is -1.92. The molecular formula is C10H8N2O2. The van der Waals surface area contributed by atoms with Crippen LogP contribution in [0.2, 0.25) is 0 Å². The number of aldehydes is 1. The van der Waals surface area contributed by atoms with Gasteiger partial charge in [0.25, 0.3) is 0 Å². The first-order valence-corrected chi connectivity index (χ1v) is 3.91. The highest BCUT2D eigenvalue weighted by atomic mass is 16.1. The van der Waals surface area contributed by atoms with E-state index in [4.69, 9.17) is 5.73 Å². The lowest BCUT2D eigenvalue weighted by molar-refractivity contribution is -0.117. The van der Waals surface area contributed by atoms with Crippen molar-refractivity contribution in [2.75, 3.05) is 0 Å². The van der Waals surface area contributed by atoms with Crippen LogP contribution in [0.5, 0.6) is 0 Å². The molecule has 0 atom stereocenters. The molecule has 0 aromatic carbocycles. The van der Waals surface area contributed by atoms with Crippen LogP contribution in [0.25, 0.3) is 0 Å². The molecule has 0 saturated heterocycles. The molecular weight excluding hydrogens is 180 g/mol. The Bertz CT molecular complexity index is 416. The zero-order valence-corrected chi connectivity index (χ0v) is 7.36. The molecule has 1 amide bonds. The molecule has 0 bridgehead atoms. The van der Waals surface area contributed by atoms with E-state index < -0.39 is 5.91 Å². The molecule has 0 unspecified atom stereocenters. The summed E-state index contributed by atoms with van der Waals surface area (Å²) < 4.78 is 0. The van der Waals surface area contributed by atoms with Crippen LogP contribution in [-0.2, 0) is 4.79 Å². The van der Waals surface area contributed by atoms with Gasteiger partial charge in [0.05, 0.1) is 6.42 Å². The summed E-state index contributed by atoms with van der Waals surface area (Å²) in [5.41, 5.74) is 5.67. The van der Waals surface area contributed by atoms with Gasteiger partial charge in [0.2, 0.25) is 5.91 Å². The Morgan fingerprint density at radius 1 is 1.64 bits per heavy atom. The Kier molecular flexibility index (Phi) is 3.39. The van der Waals surface area contributed by atoms with Gasteiger partial charge in [-0.2, -0.15) is 0 Å². The van der Waals surface area contributed by atoms with Crippen LogP contribution in [0.3, 0.4) is 0 Å². The van der Waals surface area contributed by atoms with E-state index in [1.807, 2.05) is 0 Å². The average molecular weight is 188 g/mol. The van der Waals surface area contributed by atoms with E-state index in [0.717, 1.165) is 0 Å². The number of hydrogen-bond donors (Lipinski definition) is 1. The molecule has 1 aromatic heterocycles. The zero-order valence-electron chi connectivity index (χ0n) is 7.36. The van der Waals surface area contributed by atoms with Crippen molar-refractivity contribution in [3.05, 3.63) is 29.6 Å². The molecule has 1 heterocycles. The van der Waals surface area contributed by atoms with Crippen molar-refractivity contribution in [1.82, 2.24) is 4.98 Å². The first-order valence-electron chi connectivity index (χ1n) is 3.91. The molecule has 0 spiro atoms. The smallest absolute Gasteiger partial charge is 0.229 e. The number of carbonyl (C=O) groups excluding carboxylic acids is 2. The van der Waals surface area contributed by atoms with Gasteiger partial charge in [-0.05, 0) is 18.1 Å². The second-order valence-corrected chi connectivity index (χ2v) is 2.50. The van der Waals surface area contributed by atoms with Crippen LogP contribution in [0.15, 0.2) is 18.3 Å². The monoisotopic (exact) mass is 188 g/mol. The summed E-state index contributed by atoms with van der Waals surface area (Å²) in [6.07, 6.45) is 2.16. The maximum Gasteiger partial charge on any atom is 0.229 e. The normalized spacial score (nSPS) is 8.57. The van der Waals surface area contributed by atoms with Crippen molar-refractivity contribution in [3.8, 4) is 11.8 Å². The molecule has 2 N–H and O–H groups in total. The van der Waals surface area contributed by atoms with Crippen molar-refractivity contribution >= 4 is 12.2 Å². The van der Waals surface area contributed by atoms with E-state index in [2.05, 4.69) is 16.8 Å². The summed E-state index contributed by atoms with van der Waals surface area (Å²) >= 11 is 0. The molecule has 0 fully saturated rings. The summed E-state index contributed by atoms with van der Waals surface area (Å²) in [4.78, 5) is 24.8. The number of nitrogens with zero attached hydrogens (tertiary/aromatic N) is 1. The van der Waals surface area contributed by atoms with Gasteiger partial charge in [-0.1, -0.05) is 5.92 Å². The van der Waals surface area contributed by atoms with Gasteiger partial charge in [0.15, 0.2) is 6.29 Å². The Labute approximate surface area is 81.1 Å². The number of rotatable bonds is 2. The second kappa shape index (κ2) is 4.77. The molecule has 0 saturated carbocycles. The SMILES string of the molecule is NC(=O)CC#Cc1ncccc1C=O. The molecule has 14 heavy (non-hydrogen) atoms. The lowest BCUT2D eigenvalue weighted by Crippen LogP contribution is -2.08. The second-order valence-electron chi connectivity index (χ2n) is 2.50. The lowest BCUT2D eigenvalue weighted by atomic mass is 10.2. The van der Waals surface area contributed by atoms with Crippen molar-refractivity contribution in [1.29, 1.82) is 0 Å². The van der Waals surface area contributed by atoms with E-state index in [9.17, 15) is 9.59 Å². The molecule has 4 nitrogen and oxygen atoms in total. The fraction of sp³-hybridized carbons (Fsp3) is 0.100. The van der Waals surface area contributed by atoms with Gasteiger partial charge in [-0.15, -0.1) is 0 Å². The molecule has 1 rings (SSSR count). The van der Waals surface area contributed by atoms with Gasteiger partial charge < -0.3 is 5.73 Å². The van der Waals surface area contributed by atoms with E-state index in [1.165, 1.54) is 6.20 Å². The summed E-state index contributed by atoms with van der Waals surface area (Å²) in [6.45, 7) is 0. The molecule has 4 heteroatoms. The van der Waals surface area contributed by atoms with E-state index in [1.54, 1.807) is 12.1 Å². The fourth-order valence-electron chi connectivity index (χ4n) is 0.832. The first-order chi connectivity index (χ1) is 6.74. The molecule has 70 valence electrons. The minimum atomic E-state index is -0.499. The standard InChI is InChI=1S/C10H8N2O2/c11-10(14)5-1-4-9-8(7-13)3-2-6-12-9/h2-3,6-7H,5H2,(H2,11,14).